The van der Waals surface area contributed by atoms with Gasteiger partial charge in [-0.05, 0) is 24.6 Å². The summed E-state index contributed by atoms with van der Waals surface area (Å²) in [7, 11) is 0. The SMILES string of the molecule is NC(=O)CCCC(=O)c1ccc2c(c1)OCCO2. The summed E-state index contributed by atoms with van der Waals surface area (Å²) in [6.07, 6.45) is 1.02. The molecule has 1 aliphatic heterocycles. The maximum Gasteiger partial charge on any atom is 0.217 e. The predicted molar refractivity (Wildman–Crippen MR) is 64.8 cm³/mol. The molecule has 0 saturated heterocycles. The number of primary amides is 1. The summed E-state index contributed by atoms with van der Waals surface area (Å²) in [5, 5.41) is 0. The Bertz CT molecular complexity index is 470. The van der Waals surface area contributed by atoms with Crippen LogP contribution in [0, 0.1) is 0 Å². The van der Waals surface area contributed by atoms with Gasteiger partial charge in [0.2, 0.25) is 5.91 Å². The number of rotatable bonds is 5. The second kappa shape index (κ2) is 5.53. The summed E-state index contributed by atoms with van der Waals surface area (Å²) >= 11 is 0. The number of hydrogen-bond donors (Lipinski definition) is 1. The maximum atomic E-state index is 11.9. The number of fused-ring (bicyclic) bond motifs is 1. The zero-order valence-corrected chi connectivity index (χ0v) is 9.98. The minimum absolute atomic E-state index is 0.0202. The molecule has 0 aliphatic carbocycles. The summed E-state index contributed by atoms with van der Waals surface area (Å²) in [6, 6.07) is 5.12. The Morgan fingerprint density at radius 2 is 1.83 bits per heavy atom. The molecule has 1 aromatic carbocycles. The second-order valence-electron chi connectivity index (χ2n) is 4.10. The van der Waals surface area contributed by atoms with E-state index in [1.165, 1.54) is 0 Å². The fraction of sp³-hybridized carbons (Fsp3) is 0.385. The molecule has 0 fully saturated rings. The molecule has 1 amide bonds. The quantitative estimate of drug-likeness (QED) is 0.798. The van der Waals surface area contributed by atoms with Crippen LogP contribution >= 0.6 is 0 Å². The fourth-order valence-electron chi connectivity index (χ4n) is 1.78. The van der Waals surface area contributed by atoms with E-state index in [1.807, 2.05) is 0 Å². The van der Waals surface area contributed by atoms with Gasteiger partial charge in [0, 0.05) is 18.4 Å². The fourth-order valence-corrected chi connectivity index (χ4v) is 1.78. The maximum absolute atomic E-state index is 11.9. The molecule has 0 aromatic heterocycles. The highest BCUT2D eigenvalue weighted by Gasteiger charge is 2.14. The average molecular weight is 249 g/mol. The highest BCUT2D eigenvalue weighted by molar-refractivity contribution is 5.96. The van der Waals surface area contributed by atoms with E-state index < -0.39 is 0 Å². The molecule has 2 rings (SSSR count). The molecular weight excluding hydrogens is 234 g/mol. The van der Waals surface area contributed by atoms with Gasteiger partial charge in [-0.3, -0.25) is 9.59 Å². The molecule has 0 radical (unpaired) electrons. The molecule has 1 aliphatic rings. The number of ether oxygens (including phenoxy) is 2. The third-order valence-corrected chi connectivity index (χ3v) is 2.69. The van der Waals surface area contributed by atoms with E-state index in [2.05, 4.69) is 0 Å². The van der Waals surface area contributed by atoms with Gasteiger partial charge in [0.1, 0.15) is 13.2 Å². The van der Waals surface area contributed by atoms with Crippen molar-refractivity contribution in [1.82, 2.24) is 0 Å². The van der Waals surface area contributed by atoms with Crippen LogP contribution in [0.25, 0.3) is 0 Å². The normalized spacial score (nSPS) is 13.1. The molecule has 96 valence electrons. The van der Waals surface area contributed by atoms with E-state index in [9.17, 15) is 9.59 Å². The molecule has 0 atom stereocenters. The lowest BCUT2D eigenvalue weighted by Crippen LogP contribution is -2.16. The number of Topliss-reactive ketones (excluding diaryl/α,β-unsaturated/α-hetero) is 1. The lowest BCUT2D eigenvalue weighted by atomic mass is 10.0. The van der Waals surface area contributed by atoms with Crippen molar-refractivity contribution in [2.75, 3.05) is 13.2 Å². The third-order valence-electron chi connectivity index (χ3n) is 2.69. The summed E-state index contributed by atoms with van der Waals surface area (Å²) in [4.78, 5) is 22.4. The lowest BCUT2D eigenvalue weighted by molar-refractivity contribution is -0.118. The molecule has 0 unspecified atom stereocenters. The molecule has 5 heteroatoms. The van der Waals surface area contributed by atoms with Gasteiger partial charge in [-0.1, -0.05) is 0 Å². The number of amides is 1. The van der Waals surface area contributed by atoms with Gasteiger partial charge in [-0.25, -0.2) is 0 Å². The van der Waals surface area contributed by atoms with Gasteiger partial charge in [0.05, 0.1) is 0 Å². The smallest absolute Gasteiger partial charge is 0.217 e. The van der Waals surface area contributed by atoms with Crippen molar-refractivity contribution in [2.45, 2.75) is 19.3 Å². The molecular formula is C13H15NO4. The second-order valence-corrected chi connectivity index (χ2v) is 4.10. The Balaban J connectivity index is 2.00. The number of nitrogens with two attached hydrogens (primary N) is 1. The summed E-state index contributed by atoms with van der Waals surface area (Å²) < 4.78 is 10.8. The molecule has 1 heterocycles. The zero-order valence-electron chi connectivity index (χ0n) is 9.98. The minimum atomic E-state index is -0.384. The van der Waals surface area contributed by atoms with Crippen LogP contribution in [0.3, 0.4) is 0 Å². The Labute approximate surface area is 105 Å². The summed E-state index contributed by atoms with van der Waals surface area (Å²) in [5.41, 5.74) is 5.59. The lowest BCUT2D eigenvalue weighted by Gasteiger charge is -2.18. The first-order valence-electron chi connectivity index (χ1n) is 5.88. The Morgan fingerprint density at radius 1 is 1.11 bits per heavy atom. The number of carbonyl (C=O) groups excluding carboxylic acids is 2. The van der Waals surface area contributed by atoms with Crippen LogP contribution in [0.15, 0.2) is 18.2 Å². The molecule has 1 aromatic rings. The predicted octanol–water partition coefficient (Wildman–Crippen LogP) is 1.30. The molecule has 2 N–H and O–H groups in total. The van der Waals surface area contributed by atoms with Crippen LogP contribution < -0.4 is 15.2 Å². The Hall–Kier alpha value is -2.04. The first kappa shape index (κ1) is 12.4. The van der Waals surface area contributed by atoms with Crippen molar-refractivity contribution >= 4 is 11.7 Å². The van der Waals surface area contributed by atoms with Gasteiger partial charge >= 0.3 is 0 Å². The van der Waals surface area contributed by atoms with Crippen molar-refractivity contribution in [2.24, 2.45) is 5.73 Å². The van der Waals surface area contributed by atoms with Gasteiger partial charge in [0.25, 0.3) is 0 Å². The first-order valence-corrected chi connectivity index (χ1v) is 5.88. The van der Waals surface area contributed by atoms with Crippen LogP contribution in [0.2, 0.25) is 0 Å². The van der Waals surface area contributed by atoms with E-state index in [0.29, 0.717) is 43.1 Å². The average Bonchev–Trinajstić information content (AvgIpc) is 2.37. The van der Waals surface area contributed by atoms with Crippen LogP contribution in [0.4, 0.5) is 0 Å². The van der Waals surface area contributed by atoms with Crippen LogP contribution in [0.1, 0.15) is 29.6 Å². The van der Waals surface area contributed by atoms with Crippen molar-refractivity contribution in [1.29, 1.82) is 0 Å². The van der Waals surface area contributed by atoms with Crippen molar-refractivity contribution in [3.8, 4) is 11.5 Å². The molecule has 0 bridgehead atoms. The summed E-state index contributed by atoms with van der Waals surface area (Å²) in [6.45, 7) is 1.02. The van der Waals surface area contributed by atoms with Crippen molar-refractivity contribution < 1.29 is 19.1 Å². The van der Waals surface area contributed by atoms with Gasteiger partial charge in [0.15, 0.2) is 17.3 Å². The number of ketones is 1. The topological polar surface area (TPSA) is 78.6 Å². The van der Waals surface area contributed by atoms with E-state index in [1.54, 1.807) is 18.2 Å². The van der Waals surface area contributed by atoms with Crippen molar-refractivity contribution in [3.63, 3.8) is 0 Å². The zero-order chi connectivity index (χ0) is 13.0. The monoisotopic (exact) mass is 249 g/mol. The molecule has 0 saturated carbocycles. The van der Waals surface area contributed by atoms with E-state index >= 15 is 0 Å². The first-order chi connectivity index (χ1) is 8.66. The number of carbonyl (C=O) groups is 2. The van der Waals surface area contributed by atoms with Gasteiger partial charge in [-0.2, -0.15) is 0 Å². The van der Waals surface area contributed by atoms with Crippen LogP contribution in [0.5, 0.6) is 11.5 Å². The highest BCUT2D eigenvalue weighted by atomic mass is 16.6. The standard InChI is InChI=1S/C13H15NO4/c14-13(16)3-1-2-10(15)9-4-5-11-12(8-9)18-7-6-17-11/h4-5,8H,1-3,6-7H2,(H2,14,16). The van der Waals surface area contributed by atoms with Gasteiger partial charge < -0.3 is 15.2 Å². The summed E-state index contributed by atoms with van der Waals surface area (Å²) in [5.74, 6) is 0.857. The van der Waals surface area contributed by atoms with Crippen LogP contribution in [-0.2, 0) is 4.79 Å². The molecule has 18 heavy (non-hydrogen) atoms. The number of hydrogen-bond acceptors (Lipinski definition) is 4. The minimum Gasteiger partial charge on any atom is -0.486 e. The Morgan fingerprint density at radius 3 is 2.56 bits per heavy atom. The largest absolute Gasteiger partial charge is 0.486 e. The third kappa shape index (κ3) is 3.00. The van der Waals surface area contributed by atoms with E-state index in [0.717, 1.165) is 0 Å². The molecule has 0 spiro atoms. The van der Waals surface area contributed by atoms with Crippen molar-refractivity contribution in [3.05, 3.63) is 23.8 Å². The molecule has 5 nitrogen and oxygen atoms in total. The van der Waals surface area contributed by atoms with Gasteiger partial charge in [-0.15, -0.1) is 0 Å². The highest BCUT2D eigenvalue weighted by Crippen LogP contribution is 2.31. The van der Waals surface area contributed by atoms with Crippen LogP contribution in [-0.4, -0.2) is 24.9 Å². The van der Waals surface area contributed by atoms with E-state index in [4.69, 9.17) is 15.2 Å². The van der Waals surface area contributed by atoms with E-state index in [-0.39, 0.29) is 18.1 Å². The number of benzene rings is 1. The Kier molecular flexibility index (Phi) is 3.82.